The highest BCUT2D eigenvalue weighted by Crippen LogP contribution is 2.15. The number of aromatic nitrogens is 1. The molecule has 1 heterocycles. The number of ether oxygens (including phenoxy) is 1. The largest absolute Gasteiger partial charge is 0.506 e. The second-order valence-electron chi connectivity index (χ2n) is 2.76. The number of aromatic hydroxyl groups is 1. The Hall–Kier alpha value is -1.58. The maximum absolute atomic E-state index is 11.4. The van der Waals surface area contributed by atoms with Gasteiger partial charge < -0.3 is 9.84 Å². The molecule has 0 saturated carbocycles. The van der Waals surface area contributed by atoms with Crippen molar-refractivity contribution in [1.82, 2.24) is 4.98 Å². The van der Waals surface area contributed by atoms with E-state index in [0.717, 1.165) is 0 Å². The molecule has 0 bridgehead atoms. The van der Waals surface area contributed by atoms with Crippen LogP contribution >= 0.6 is 0 Å². The van der Waals surface area contributed by atoms with Crippen LogP contribution in [0.3, 0.4) is 0 Å². The summed E-state index contributed by atoms with van der Waals surface area (Å²) in [6.45, 7) is 3.94. The van der Waals surface area contributed by atoms with Crippen LogP contribution in [0.15, 0.2) is 12.3 Å². The van der Waals surface area contributed by atoms with Crippen molar-refractivity contribution < 1.29 is 14.6 Å². The van der Waals surface area contributed by atoms with Crippen molar-refractivity contribution in [2.24, 2.45) is 0 Å². The summed E-state index contributed by atoms with van der Waals surface area (Å²) in [4.78, 5) is 15.4. The molecular weight excluding hydrogens is 182 g/mol. The molecule has 0 aliphatic carbocycles. The van der Waals surface area contributed by atoms with Gasteiger partial charge in [-0.25, -0.2) is 4.79 Å². The van der Waals surface area contributed by atoms with E-state index >= 15 is 0 Å². The topological polar surface area (TPSA) is 59.4 Å². The van der Waals surface area contributed by atoms with Gasteiger partial charge in [0, 0.05) is 0 Å². The highest BCUT2D eigenvalue weighted by molar-refractivity contribution is 5.91. The van der Waals surface area contributed by atoms with Crippen molar-refractivity contribution in [2.75, 3.05) is 6.61 Å². The summed E-state index contributed by atoms with van der Waals surface area (Å²) in [5.41, 5.74) is 0.982. The number of pyridine rings is 1. The van der Waals surface area contributed by atoms with Crippen LogP contribution in [0.25, 0.3) is 0 Å². The Morgan fingerprint density at radius 2 is 2.29 bits per heavy atom. The third-order valence-electron chi connectivity index (χ3n) is 1.79. The summed E-state index contributed by atoms with van der Waals surface area (Å²) in [7, 11) is 0. The Morgan fingerprint density at radius 3 is 2.86 bits per heavy atom. The molecule has 1 aromatic rings. The van der Waals surface area contributed by atoms with Crippen LogP contribution < -0.4 is 0 Å². The summed E-state index contributed by atoms with van der Waals surface area (Å²) < 4.78 is 4.84. The van der Waals surface area contributed by atoms with E-state index in [1.807, 2.05) is 6.92 Å². The lowest BCUT2D eigenvalue weighted by atomic mass is 10.1. The van der Waals surface area contributed by atoms with E-state index in [9.17, 15) is 9.90 Å². The number of hydrogen-bond acceptors (Lipinski definition) is 4. The Labute approximate surface area is 82.5 Å². The number of rotatable bonds is 3. The van der Waals surface area contributed by atoms with E-state index in [1.54, 1.807) is 6.92 Å². The molecule has 0 spiro atoms. The highest BCUT2D eigenvalue weighted by atomic mass is 16.5. The maximum atomic E-state index is 11.4. The lowest BCUT2D eigenvalue weighted by molar-refractivity contribution is 0.0524. The molecule has 1 aromatic heterocycles. The standard InChI is InChI=1S/C10H13NO3/c1-3-9-8(10(13)14-4-2)5-7(12)6-11-9/h5-6,12H,3-4H2,1-2H3. The first-order valence-electron chi connectivity index (χ1n) is 4.54. The Kier molecular flexibility index (Phi) is 3.45. The molecule has 14 heavy (non-hydrogen) atoms. The van der Waals surface area contributed by atoms with E-state index in [0.29, 0.717) is 24.3 Å². The lowest BCUT2D eigenvalue weighted by Crippen LogP contribution is -2.08. The summed E-state index contributed by atoms with van der Waals surface area (Å²) in [5.74, 6) is -0.460. The molecule has 0 unspecified atom stereocenters. The van der Waals surface area contributed by atoms with Crippen molar-refractivity contribution in [3.05, 3.63) is 23.5 Å². The fourth-order valence-corrected chi connectivity index (χ4v) is 1.15. The highest BCUT2D eigenvalue weighted by Gasteiger charge is 2.13. The van der Waals surface area contributed by atoms with Crippen molar-refractivity contribution in [2.45, 2.75) is 20.3 Å². The number of carbonyl (C=O) groups excluding carboxylic acids is 1. The van der Waals surface area contributed by atoms with Gasteiger partial charge in [-0.3, -0.25) is 4.98 Å². The lowest BCUT2D eigenvalue weighted by Gasteiger charge is -2.06. The predicted molar refractivity (Wildman–Crippen MR) is 51.2 cm³/mol. The number of aryl methyl sites for hydroxylation is 1. The summed E-state index contributed by atoms with van der Waals surface area (Å²) in [5, 5.41) is 9.18. The van der Waals surface area contributed by atoms with E-state index in [2.05, 4.69) is 4.98 Å². The van der Waals surface area contributed by atoms with Gasteiger partial charge in [0.25, 0.3) is 0 Å². The second-order valence-corrected chi connectivity index (χ2v) is 2.76. The quantitative estimate of drug-likeness (QED) is 0.743. The fourth-order valence-electron chi connectivity index (χ4n) is 1.15. The number of esters is 1. The van der Waals surface area contributed by atoms with Crippen LogP contribution in [0, 0.1) is 0 Å². The van der Waals surface area contributed by atoms with Gasteiger partial charge in [0.1, 0.15) is 5.75 Å². The Balaban J connectivity index is 3.03. The molecule has 0 amide bonds. The first-order valence-corrected chi connectivity index (χ1v) is 4.54. The molecule has 0 fully saturated rings. The molecule has 4 heteroatoms. The minimum absolute atomic E-state index is 0.0229. The summed E-state index contributed by atoms with van der Waals surface area (Å²) >= 11 is 0. The minimum atomic E-state index is -0.437. The second kappa shape index (κ2) is 4.60. The molecule has 4 nitrogen and oxygen atoms in total. The zero-order valence-electron chi connectivity index (χ0n) is 8.28. The van der Waals surface area contributed by atoms with E-state index in [1.165, 1.54) is 12.3 Å². The van der Waals surface area contributed by atoms with Crippen molar-refractivity contribution in [3.8, 4) is 5.75 Å². The van der Waals surface area contributed by atoms with Crippen molar-refractivity contribution in [3.63, 3.8) is 0 Å². The normalized spacial score (nSPS) is 9.86. The molecule has 0 aliphatic rings. The van der Waals surface area contributed by atoms with E-state index < -0.39 is 5.97 Å². The van der Waals surface area contributed by atoms with E-state index in [4.69, 9.17) is 4.74 Å². The van der Waals surface area contributed by atoms with Crippen LogP contribution in [0.5, 0.6) is 5.75 Å². The van der Waals surface area contributed by atoms with Crippen LogP contribution in [0.2, 0.25) is 0 Å². The summed E-state index contributed by atoms with van der Waals surface area (Å²) in [6.07, 6.45) is 1.95. The number of nitrogens with zero attached hydrogens (tertiary/aromatic N) is 1. The van der Waals surface area contributed by atoms with Gasteiger partial charge in [-0.05, 0) is 19.4 Å². The van der Waals surface area contributed by atoms with Gasteiger partial charge in [0.05, 0.1) is 24.1 Å². The Bertz CT molecular complexity index is 336. The maximum Gasteiger partial charge on any atom is 0.340 e. The molecular formula is C10H13NO3. The van der Waals surface area contributed by atoms with Gasteiger partial charge in [-0.15, -0.1) is 0 Å². The molecule has 0 radical (unpaired) electrons. The molecule has 0 saturated heterocycles. The average Bonchev–Trinajstić information content (AvgIpc) is 2.18. The van der Waals surface area contributed by atoms with Crippen LogP contribution in [0.4, 0.5) is 0 Å². The van der Waals surface area contributed by atoms with Crippen LogP contribution in [-0.2, 0) is 11.2 Å². The third kappa shape index (κ3) is 2.22. The average molecular weight is 195 g/mol. The zero-order valence-corrected chi connectivity index (χ0v) is 8.28. The Morgan fingerprint density at radius 1 is 1.57 bits per heavy atom. The first-order chi connectivity index (χ1) is 6.69. The van der Waals surface area contributed by atoms with Crippen LogP contribution in [-0.4, -0.2) is 22.7 Å². The monoisotopic (exact) mass is 195 g/mol. The van der Waals surface area contributed by atoms with Gasteiger partial charge in [-0.2, -0.15) is 0 Å². The minimum Gasteiger partial charge on any atom is -0.506 e. The van der Waals surface area contributed by atoms with E-state index in [-0.39, 0.29) is 5.75 Å². The molecule has 0 aliphatic heterocycles. The van der Waals surface area contributed by atoms with Gasteiger partial charge in [-0.1, -0.05) is 6.92 Å². The van der Waals surface area contributed by atoms with Crippen LogP contribution in [0.1, 0.15) is 29.9 Å². The fraction of sp³-hybridized carbons (Fsp3) is 0.400. The molecule has 0 atom stereocenters. The predicted octanol–water partition coefficient (Wildman–Crippen LogP) is 1.53. The number of carbonyl (C=O) groups is 1. The SMILES string of the molecule is CCOC(=O)c1cc(O)cnc1CC. The van der Waals surface area contributed by atoms with Gasteiger partial charge >= 0.3 is 5.97 Å². The zero-order chi connectivity index (χ0) is 10.6. The molecule has 1 N–H and O–H groups in total. The third-order valence-corrected chi connectivity index (χ3v) is 1.79. The molecule has 76 valence electrons. The van der Waals surface area contributed by atoms with Gasteiger partial charge in [0.2, 0.25) is 0 Å². The summed E-state index contributed by atoms with van der Waals surface area (Å²) in [6, 6.07) is 1.38. The van der Waals surface area contributed by atoms with Gasteiger partial charge in [0.15, 0.2) is 0 Å². The smallest absolute Gasteiger partial charge is 0.340 e. The van der Waals surface area contributed by atoms with Crippen molar-refractivity contribution in [1.29, 1.82) is 0 Å². The molecule has 1 rings (SSSR count). The van der Waals surface area contributed by atoms with Crippen molar-refractivity contribution >= 4 is 5.97 Å². The molecule has 0 aromatic carbocycles. The number of hydrogen-bond donors (Lipinski definition) is 1. The first kappa shape index (κ1) is 10.5.